The number of hydrogen-bond acceptors (Lipinski definition) is 3. The molecule has 1 spiro atoms. The third-order valence-corrected chi connectivity index (χ3v) is 10.4. The first-order valence-electron chi connectivity index (χ1n) is 17.2. The summed E-state index contributed by atoms with van der Waals surface area (Å²) in [6.45, 7) is 7.99. The fraction of sp³-hybridized carbons (Fsp3) is 0.0213. The number of benzene rings is 6. The van der Waals surface area contributed by atoms with E-state index in [4.69, 9.17) is 14.7 Å². The highest BCUT2D eigenvalue weighted by molar-refractivity contribution is 6.12. The Balaban J connectivity index is 1.33. The van der Waals surface area contributed by atoms with E-state index in [0.717, 1.165) is 56.4 Å². The molecule has 2 aliphatic heterocycles. The van der Waals surface area contributed by atoms with Crippen molar-refractivity contribution in [1.29, 1.82) is 0 Å². The van der Waals surface area contributed by atoms with E-state index in [1.807, 2.05) is 24.3 Å². The van der Waals surface area contributed by atoms with Gasteiger partial charge in [-0.15, -0.1) is 0 Å². The zero-order chi connectivity index (χ0) is 34.1. The smallest absolute Gasteiger partial charge is 0.160 e. The third-order valence-electron chi connectivity index (χ3n) is 10.4. The summed E-state index contributed by atoms with van der Waals surface area (Å²) in [4.78, 5) is 10.2. The van der Waals surface area contributed by atoms with Crippen molar-refractivity contribution in [3.63, 3.8) is 0 Å². The molecule has 0 aliphatic carbocycles. The van der Waals surface area contributed by atoms with E-state index in [1.54, 1.807) is 12.2 Å². The largest absolute Gasteiger partial charge is 0.456 e. The summed E-state index contributed by atoms with van der Waals surface area (Å²) in [6, 6.07) is 51.6. The molecule has 4 heterocycles. The van der Waals surface area contributed by atoms with Crippen LogP contribution in [0.1, 0.15) is 28.1 Å². The molecule has 2 aliphatic rings. The molecular formula is C47H31N3O. The third kappa shape index (κ3) is 4.02. The van der Waals surface area contributed by atoms with Gasteiger partial charge in [0.25, 0.3) is 0 Å². The first kappa shape index (κ1) is 29.2. The molecule has 1 atom stereocenters. The summed E-state index contributed by atoms with van der Waals surface area (Å²) < 4.78 is 9.50. The normalized spacial score (nSPS) is 15.6. The molecule has 51 heavy (non-hydrogen) atoms. The van der Waals surface area contributed by atoms with Gasteiger partial charge in [-0.1, -0.05) is 147 Å². The molecule has 240 valence electrons. The minimum absolute atomic E-state index is 0.571. The number of hydrogen-bond donors (Lipinski definition) is 0. The average molecular weight is 654 g/mol. The molecule has 10 rings (SSSR count). The van der Waals surface area contributed by atoms with Gasteiger partial charge in [-0.05, 0) is 41.5 Å². The number of rotatable bonds is 5. The van der Waals surface area contributed by atoms with E-state index in [0.29, 0.717) is 5.82 Å². The maximum Gasteiger partial charge on any atom is 0.160 e. The Kier molecular flexibility index (Phi) is 6.36. The van der Waals surface area contributed by atoms with Crippen molar-refractivity contribution >= 4 is 27.4 Å². The predicted molar refractivity (Wildman–Crippen MR) is 208 cm³/mol. The van der Waals surface area contributed by atoms with Crippen LogP contribution in [-0.4, -0.2) is 14.5 Å². The molecule has 0 radical (unpaired) electrons. The quantitative estimate of drug-likeness (QED) is 0.174. The highest BCUT2D eigenvalue weighted by Crippen LogP contribution is 2.61. The van der Waals surface area contributed by atoms with Crippen LogP contribution in [0.5, 0.6) is 11.5 Å². The van der Waals surface area contributed by atoms with Gasteiger partial charge < -0.3 is 9.30 Å². The van der Waals surface area contributed by atoms with Crippen molar-refractivity contribution in [3.05, 3.63) is 205 Å². The van der Waals surface area contributed by atoms with Crippen molar-refractivity contribution in [2.24, 2.45) is 0 Å². The first-order chi connectivity index (χ1) is 25.2. The van der Waals surface area contributed by atoms with Crippen LogP contribution in [0.25, 0.3) is 55.6 Å². The molecule has 0 N–H and O–H groups in total. The van der Waals surface area contributed by atoms with Crippen molar-refractivity contribution in [2.75, 3.05) is 0 Å². The number of para-hydroxylation sites is 5. The highest BCUT2D eigenvalue weighted by atomic mass is 16.5. The molecule has 0 fully saturated rings. The van der Waals surface area contributed by atoms with Gasteiger partial charge in [-0.2, -0.15) is 0 Å². The zero-order valence-corrected chi connectivity index (χ0v) is 27.8. The van der Waals surface area contributed by atoms with E-state index in [9.17, 15) is 0 Å². The second kappa shape index (κ2) is 11.1. The first-order valence-corrected chi connectivity index (χ1v) is 17.2. The molecule has 4 heteroatoms. The molecule has 0 bridgehead atoms. The van der Waals surface area contributed by atoms with Crippen molar-refractivity contribution in [1.82, 2.24) is 14.5 Å². The van der Waals surface area contributed by atoms with Crippen LogP contribution >= 0.6 is 0 Å². The number of fused-ring (bicyclic) bond motifs is 11. The number of allylic oxidation sites excluding steroid dienone is 4. The molecule has 8 aromatic rings. The topological polar surface area (TPSA) is 39.9 Å². The summed E-state index contributed by atoms with van der Waals surface area (Å²) in [5, 5.41) is 2.47. The van der Waals surface area contributed by atoms with Gasteiger partial charge in [0.15, 0.2) is 5.82 Å². The average Bonchev–Trinajstić information content (AvgIpc) is 3.54. The Labute approximate surface area is 296 Å². The fourth-order valence-electron chi connectivity index (χ4n) is 8.38. The SMILES string of the molecule is C=C/C=C(\C=C)c1nc(-c2ccccc2)cc(-c2cccc3c2Oc2ccccc2C32c3ccccc3-n3c4ccccc4c4cccc2c43)n1. The Morgan fingerprint density at radius 3 is 2.18 bits per heavy atom. The molecule has 6 aromatic carbocycles. The van der Waals surface area contributed by atoms with E-state index in [-0.39, 0.29) is 0 Å². The Morgan fingerprint density at radius 1 is 0.627 bits per heavy atom. The van der Waals surface area contributed by atoms with Gasteiger partial charge in [0.1, 0.15) is 11.5 Å². The van der Waals surface area contributed by atoms with Gasteiger partial charge in [-0.3, -0.25) is 0 Å². The number of ether oxygens (including phenoxy) is 1. The fourth-order valence-corrected chi connectivity index (χ4v) is 8.38. The molecule has 0 saturated heterocycles. The van der Waals surface area contributed by atoms with Gasteiger partial charge in [0.05, 0.1) is 33.5 Å². The van der Waals surface area contributed by atoms with Crippen molar-refractivity contribution in [2.45, 2.75) is 5.41 Å². The number of aromatic nitrogens is 3. The van der Waals surface area contributed by atoms with E-state index >= 15 is 0 Å². The summed E-state index contributed by atoms with van der Waals surface area (Å²) in [5.41, 5.74) is 11.8. The monoisotopic (exact) mass is 653 g/mol. The lowest BCUT2D eigenvalue weighted by Crippen LogP contribution is -2.37. The van der Waals surface area contributed by atoms with Gasteiger partial charge in [-0.25, -0.2) is 9.97 Å². The van der Waals surface area contributed by atoms with Crippen LogP contribution < -0.4 is 4.74 Å². The maximum atomic E-state index is 7.05. The van der Waals surface area contributed by atoms with Gasteiger partial charge >= 0.3 is 0 Å². The minimum atomic E-state index is -0.673. The number of nitrogens with zero attached hydrogens (tertiary/aromatic N) is 3. The van der Waals surface area contributed by atoms with Crippen LogP contribution in [0, 0.1) is 0 Å². The lowest BCUT2D eigenvalue weighted by molar-refractivity contribution is 0.435. The molecule has 0 amide bonds. The van der Waals surface area contributed by atoms with Crippen molar-refractivity contribution in [3.8, 4) is 39.7 Å². The Morgan fingerprint density at radius 2 is 1.31 bits per heavy atom. The molecule has 1 unspecified atom stereocenters. The zero-order valence-electron chi connectivity index (χ0n) is 27.8. The summed E-state index contributed by atoms with van der Waals surface area (Å²) in [6.07, 6.45) is 5.40. The summed E-state index contributed by atoms with van der Waals surface area (Å²) in [5.74, 6) is 2.18. The maximum absolute atomic E-state index is 7.05. The van der Waals surface area contributed by atoms with Crippen molar-refractivity contribution < 1.29 is 4.74 Å². The molecule has 0 saturated carbocycles. The molecule has 2 aromatic heterocycles. The van der Waals surface area contributed by atoms with Crippen LogP contribution in [-0.2, 0) is 5.41 Å². The summed E-state index contributed by atoms with van der Waals surface area (Å²) in [7, 11) is 0. The predicted octanol–water partition coefficient (Wildman–Crippen LogP) is 11.5. The molecular weight excluding hydrogens is 623 g/mol. The standard InChI is InChI=1S/C47H31N3O/c1-3-16-30(4-2)46-48-39(31-17-6-5-7-18-31)29-40(49-46)34-21-15-25-38-45(34)51-43-28-13-10-23-36(43)47(38)35-22-9-12-27-42(35)50-41-26-11-8-19-32(41)33-20-14-24-37(47)44(33)50/h3-29H,1-2H2/b30-16+. The highest BCUT2D eigenvalue weighted by Gasteiger charge is 2.50. The molecule has 4 nitrogen and oxygen atoms in total. The van der Waals surface area contributed by atoms with Crippen LogP contribution in [0.4, 0.5) is 0 Å². The van der Waals surface area contributed by atoms with E-state index in [2.05, 4.69) is 145 Å². The van der Waals surface area contributed by atoms with Crippen LogP contribution in [0.3, 0.4) is 0 Å². The summed E-state index contributed by atoms with van der Waals surface area (Å²) >= 11 is 0. The van der Waals surface area contributed by atoms with Gasteiger partial charge in [0, 0.05) is 38.6 Å². The second-order valence-electron chi connectivity index (χ2n) is 13.0. The minimum Gasteiger partial charge on any atom is -0.456 e. The van der Waals surface area contributed by atoms with E-state index in [1.165, 1.54) is 32.9 Å². The van der Waals surface area contributed by atoms with E-state index < -0.39 is 5.41 Å². The second-order valence-corrected chi connectivity index (χ2v) is 13.0. The Hall–Kier alpha value is -6.78. The lowest BCUT2D eigenvalue weighted by atomic mass is 9.61. The van der Waals surface area contributed by atoms with Crippen LogP contribution in [0.2, 0.25) is 0 Å². The van der Waals surface area contributed by atoms with Crippen LogP contribution in [0.15, 0.2) is 177 Å². The van der Waals surface area contributed by atoms with Gasteiger partial charge in [0.2, 0.25) is 0 Å². The Bertz CT molecular complexity index is 2770. The lowest BCUT2D eigenvalue weighted by Gasteiger charge is -2.45.